The number of ether oxygens (including phenoxy) is 1. The predicted molar refractivity (Wildman–Crippen MR) is 55.2 cm³/mol. The second-order valence-corrected chi connectivity index (χ2v) is 3.55. The monoisotopic (exact) mass is 225 g/mol. The first-order valence-electron chi connectivity index (χ1n) is 4.36. The van der Waals surface area contributed by atoms with Crippen molar-refractivity contribution in [2.24, 2.45) is 4.99 Å². The van der Waals surface area contributed by atoms with Crippen LogP contribution in [0.1, 0.15) is 11.7 Å². The molecule has 15 heavy (non-hydrogen) atoms. The number of benzene rings is 1. The van der Waals surface area contributed by atoms with Gasteiger partial charge >= 0.3 is 5.97 Å². The lowest BCUT2D eigenvalue weighted by atomic mass is 10.1. The minimum Gasteiger partial charge on any atom is -0.474 e. The Kier molecular flexibility index (Phi) is 2.60. The molecule has 1 aromatic rings. The summed E-state index contributed by atoms with van der Waals surface area (Å²) in [5, 5.41) is 9.25. The summed E-state index contributed by atoms with van der Waals surface area (Å²) >= 11 is 5.81. The predicted octanol–water partition coefficient (Wildman–Crippen LogP) is 1.89. The number of aliphatic imine (C=N–C) groups is 1. The van der Waals surface area contributed by atoms with Crippen molar-refractivity contribution in [1.82, 2.24) is 0 Å². The van der Waals surface area contributed by atoms with Gasteiger partial charge in [0.1, 0.15) is 6.10 Å². The van der Waals surface area contributed by atoms with Crippen LogP contribution in [0.5, 0.6) is 0 Å². The molecule has 0 bridgehead atoms. The van der Waals surface area contributed by atoms with Crippen molar-refractivity contribution in [2.75, 3.05) is 6.54 Å². The summed E-state index contributed by atoms with van der Waals surface area (Å²) in [7, 11) is 0. The number of halogens is 1. The molecule has 0 aromatic heterocycles. The van der Waals surface area contributed by atoms with Gasteiger partial charge in [-0.15, -0.1) is 0 Å². The van der Waals surface area contributed by atoms with E-state index in [1.54, 1.807) is 18.2 Å². The standard InChI is InChI=1S/C10H8ClNO3/c11-7-3-1-2-6(4-7)8-5-12-9(15-8)10(13)14/h1-4,8H,5H2,(H,13,14). The average molecular weight is 226 g/mol. The highest BCUT2D eigenvalue weighted by atomic mass is 35.5. The zero-order valence-corrected chi connectivity index (χ0v) is 8.44. The lowest BCUT2D eigenvalue weighted by molar-refractivity contribution is -0.131. The number of hydrogen-bond acceptors (Lipinski definition) is 3. The van der Waals surface area contributed by atoms with Gasteiger partial charge in [-0.05, 0) is 17.7 Å². The zero-order chi connectivity index (χ0) is 10.8. The molecule has 0 fully saturated rings. The second kappa shape index (κ2) is 3.90. The number of rotatable bonds is 2. The minimum atomic E-state index is -1.14. The Morgan fingerprint density at radius 3 is 3.00 bits per heavy atom. The van der Waals surface area contributed by atoms with Crippen molar-refractivity contribution in [3.63, 3.8) is 0 Å². The summed E-state index contributed by atoms with van der Waals surface area (Å²) in [6, 6.07) is 7.11. The van der Waals surface area contributed by atoms with Gasteiger partial charge in [-0.25, -0.2) is 9.79 Å². The Labute approximate surface area is 91.2 Å². The lowest BCUT2D eigenvalue weighted by Gasteiger charge is -2.10. The van der Waals surface area contributed by atoms with Gasteiger partial charge in [-0.1, -0.05) is 23.7 Å². The third kappa shape index (κ3) is 2.10. The van der Waals surface area contributed by atoms with Gasteiger partial charge in [0.15, 0.2) is 0 Å². The number of aliphatic carboxylic acids is 1. The number of carbonyl (C=O) groups is 1. The maximum Gasteiger partial charge on any atom is 0.391 e. The molecule has 1 aliphatic heterocycles. The van der Waals surface area contributed by atoms with E-state index in [-0.39, 0.29) is 12.0 Å². The summed E-state index contributed by atoms with van der Waals surface area (Å²) < 4.78 is 5.16. The van der Waals surface area contributed by atoms with Crippen molar-refractivity contribution in [2.45, 2.75) is 6.10 Å². The van der Waals surface area contributed by atoms with Crippen LogP contribution >= 0.6 is 11.6 Å². The molecule has 2 rings (SSSR count). The van der Waals surface area contributed by atoms with E-state index in [1.807, 2.05) is 6.07 Å². The van der Waals surface area contributed by atoms with Crippen molar-refractivity contribution >= 4 is 23.5 Å². The number of nitrogens with zero attached hydrogens (tertiary/aromatic N) is 1. The molecule has 0 spiro atoms. The van der Waals surface area contributed by atoms with E-state index in [0.29, 0.717) is 11.6 Å². The largest absolute Gasteiger partial charge is 0.474 e. The summed E-state index contributed by atoms with van der Waals surface area (Å²) in [6.07, 6.45) is -0.338. The molecule has 1 aromatic carbocycles. The molecule has 1 aliphatic rings. The average Bonchev–Trinajstić information content (AvgIpc) is 2.66. The summed E-state index contributed by atoms with van der Waals surface area (Å²) in [5.41, 5.74) is 0.836. The smallest absolute Gasteiger partial charge is 0.391 e. The molecular weight excluding hydrogens is 218 g/mol. The summed E-state index contributed by atoms with van der Waals surface area (Å²) in [6.45, 7) is 0.321. The molecule has 5 heteroatoms. The Bertz CT molecular complexity index is 430. The van der Waals surface area contributed by atoms with Gasteiger partial charge in [0.2, 0.25) is 0 Å². The van der Waals surface area contributed by atoms with Gasteiger partial charge in [0.25, 0.3) is 5.90 Å². The summed E-state index contributed by atoms with van der Waals surface area (Å²) in [4.78, 5) is 14.3. The Morgan fingerprint density at radius 1 is 1.60 bits per heavy atom. The molecule has 78 valence electrons. The van der Waals surface area contributed by atoms with Crippen LogP contribution in [0.2, 0.25) is 5.02 Å². The van der Waals surface area contributed by atoms with Crippen LogP contribution in [0.4, 0.5) is 0 Å². The number of carboxylic acid groups (broad SMARTS) is 1. The third-order valence-electron chi connectivity index (χ3n) is 2.06. The maximum absolute atomic E-state index is 10.6. The Balaban J connectivity index is 2.13. The first-order valence-corrected chi connectivity index (χ1v) is 4.74. The van der Waals surface area contributed by atoms with Crippen LogP contribution in [0.15, 0.2) is 29.3 Å². The Hall–Kier alpha value is -1.55. The second-order valence-electron chi connectivity index (χ2n) is 3.11. The van der Waals surface area contributed by atoms with Crippen LogP contribution in [0.3, 0.4) is 0 Å². The summed E-state index contributed by atoms with van der Waals surface area (Å²) in [5.74, 6) is -1.38. The van der Waals surface area contributed by atoms with E-state index in [4.69, 9.17) is 21.4 Å². The third-order valence-corrected chi connectivity index (χ3v) is 2.29. The zero-order valence-electron chi connectivity index (χ0n) is 7.68. The van der Waals surface area contributed by atoms with Gasteiger partial charge in [0, 0.05) is 5.02 Å². The normalized spacial score (nSPS) is 19.5. The fraction of sp³-hybridized carbons (Fsp3) is 0.200. The van der Waals surface area contributed by atoms with Crippen molar-refractivity contribution in [3.05, 3.63) is 34.9 Å². The van der Waals surface area contributed by atoms with E-state index >= 15 is 0 Å². The highest BCUT2D eigenvalue weighted by Gasteiger charge is 2.25. The van der Waals surface area contributed by atoms with E-state index in [1.165, 1.54) is 0 Å². The van der Waals surface area contributed by atoms with E-state index in [0.717, 1.165) is 5.56 Å². The topological polar surface area (TPSA) is 58.9 Å². The molecular formula is C10H8ClNO3. The van der Waals surface area contributed by atoms with Gasteiger partial charge in [-0.2, -0.15) is 0 Å². The quantitative estimate of drug-likeness (QED) is 0.836. The molecule has 0 radical (unpaired) electrons. The Morgan fingerprint density at radius 2 is 2.40 bits per heavy atom. The van der Waals surface area contributed by atoms with E-state index in [2.05, 4.69) is 4.99 Å². The van der Waals surface area contributed by atoms with Crippen molar-refractivity contribution in [1.29, 1.82) is 0 Å². The lowest BCUT2D eigenvalue weighted by Crippen LogP contribution is -2.14. The molecule has 1 unspecified atom stereocenters. The molecule has 4 nitrogen and oxygen atoms in total. The van der Waals surface area contributed by atoms with Crippen LogP contribution in [-0.4, -0.2) is 23.5 Å². The molecule has 0 aliphatic carbocycles. The van der Waals surface area contributed by atoms with Gasteiger partial charge in [-0.3, -0.25) is 0 Å². The number of hydrogen-bond donors (Lipinski definition) is 1. The fourth-order valence-electron chi connectivity index (χ4n) is 1.37. The fourth-order valence-corrected chi connectivity index (χ4v) is 1.57. The van der Waals surface area contributed by atoms with E-state index in [9.17, 15) is 4.79 Å². The molecule has 1 N–H and O–H groups in total. The van der Waals surface area contributed by atoms with Gasteiger partial charge in [0.05, 0.1) is 6.54 Å². The molecule has 1 heterocycles. The highest BCUT2D eigenvalue weighted by molar-refractivity contribution is 6.32. The number of carboxylic acids is 1. The van der Waals surface area contributed by atoms with Crippen LogP contribution in [0.25, 0.3) is 0 Å². The van der Waals surface area contributed by atoms with Gasteiger partial charge < -0.3 is 9.84 Å². The highest BCUT2D eigenvalue weighted by Crippen LogP contribution is 2.25. The molecule has 0 amide bonds. The van der Waals surface area contributed by atoms with Crippen LogP contribution < -0.4 is 0 Å². The minimum absolute atomic E-state index is 0.236. The first kappa shape index (κ1) is 9.98. The molecule has 0 saturated carbocycles. The van der Waals surface area contributed by atoms with E-state index < -0.39 is 5.97 Å². The van der Waals surface area contributed by atoms with Crippen LogP contribution in [-0.2, 0) is 9.53 Å². The maximum atomic E-state index is 10.6. The molecule has 0 saturated heterocycles. The SMILES string of the molecule is O=C(O)C1=NCC(c2cccc(Cl)c2)O1. The molecule has 1 atom stereocenters. The van der Waals surface area contributed by atoms with Crippen molar-refractivity contribution < 1.29 is 14.6 Å². The van der Waals surface area contributed by atoms with Crippen LogP contribution in [0, 0.1) is 0 Å². The van der Waals surface area contributed by atoms with Crippen molar-refractivity contribution in [3.8, 4) is 0 Å². The first-order chi connectivity index (χ1) is 7.16.